The summed E-state index contributed by atoms with van der Waals surface area (Å²) in [6, 6.07) is 32.0. The van der Waals surface area contributed by atoms with E-state index in [1.807, 2.05) is 47.4 Å². The Bertz CT molecular complexity index is 2300. The molecule has 3 heterocycles. The molecule has 51 heavy (non-hydrogen) atoms. The third-order valence-corrected chi connectivity index (χ3v) is 9.65. The number of fused-ring (bicyclic) bond motifs is 3. The Morgan fingerprint density at radius 2 is 1.37 bits per heavy atom. The van der Waals surface area contributed by atoms with Crippen LogP contribution in [-0.4, -0.2) is 19.3 Å². The van der Waals surface area contributed by atoms with E-state index in [1.54, 1.807) is 0 Å². The maximum atomic E-state index is 6.45. The van der Waals surface area contributed by atoms with Gasteiger partial charge < -0.3 is 9.30 Å². The zero-order valence-electron chi connectivity index (χ0n) is 31.0. The van der Waals surface area contributed by atoms with E-state index in [0.29, 0.717) is 35.2 Å². The van der Waals surface area contributed by atoms with Crippen molar-refractivity contribution >= 4 is 21.8 Å². The predicted molar refractivity (Wildman–Crippen MR) is 206 cm³/mol. The quantitative estimate of drug-likeness (QED) is 0.136. The smallest absolute Gasteiger partial charge is 0.509 e. The summed E-state index contributed by atoms with van der Waals surface area (Å²) in [5.74, 6) is 3.66. The molecule has 0 aliphatic carbocycles. The van der Waals surface area contributed by atoms with Crippen molar-refractivity contribution in [1.82, 2.24) is 19.3 Å². The van der Waals surface area contributed by atoms with Gasteiger partial charge in [0.1, 0.15) is 5.82 Å². The molecule has 0 N–H and O–H groups in total. The van der Waals surface area contributed by atoms with Crippen LogP contribution in [0.3, 0.4) is 0 Å². The predicted octanol–water partition coefficient (Wildman–Crippen LogP) is 12.2. The number of rotatable bonds is 9. The fourth-order valence-corrected chi connectivity index (χ4v) is 7.41. The summed E-state index contributed by atoms with van der Waals surface area (Å²) < 4.78 is 10.5. The minimum Gasteiger partial charge on any atom is -0.509 e. The molecule has 5 nitrogen and oxygen atoms in total. The van der Waals surface area contributed by atoms with Crippen molar-refractivity contribution in [3.63, 3.8) is 0 Å². The fourth-order valence-electron chi connectivity index (χ4n) is 7.41. The number of ether oxygens (including phenoxy) is 1. The normalized spacial score (nSPS) is 11.8. The van der Waals surface area contributed by atoms with Crippen LogP contribution in [0.15, 0.2) is 91.4 Å². The van der Waals surface area contributed by atoms with Crippen LogP contribution in [0.1, 0.15) is 107 Å². The van der Waals surface area contributed by atoms with Crippen molar-refractivity contribution in [3.05, 3.63) is 131 Å². The summed E-state index contributed by atoms with van der Waals surface area (Å²) in [6.07, 6.45) is 6.02. The molecule has 4 aromatic carbocycles. The number of para-hydroxylation sites is 1. The molecule has 0 saturated heterocycles. The molecule has 0 unspecified atom stereocenters. The Morgan fingerprint density at radius 1 is 0.686 bits per heavy atom. The first-order valence-electron chi connectivity index (χ1n) is 17.9. The fraction of sp³-hybridized carbons (Fsp3) is 0.289. The van der Waals surface area contributed by atoms with E-state index < -0.39 is 0 Å². The standard InChI is InChI=1S/C45H46N4O.Pt/c1-27(2)38-24-39(28(3)4)44(30(7)8)45(43(38)29(5)6)32-25-47-48(26-32)33-13-12-14-34(22-33)50-35-17-18-37-36-15-10-11-16-40(36)49(41(37)23-35)42-21-31(9)19-20-46-42;/h10-21,24-30H,1-9H3;/q-2;+2. The Morgan fingerprint density at radius 3 is 2.04 bits per heavy atom. The number of hydrogen-bond donors (Lipinski definition) is 0. The van der Waals surface area contributed by atoms with E-state index in [9.17, 15) is 0 Å². The first kappa shape index (κ1) is 36.3. The largest absolute Gasteiger partial charge is 2.00 e. The Labute approximate surface area is 317 Å². The number of hydrogen-bond acceptors (Lipinski definition) is 3. The molecule has 0 bridgehead atoms. The molecule has 0 fully saturated rings. The Hall–Kier alpha value is -4.47. The second-order valence-corrected chi connectivity index (χ2v) is 14.7. The topological polar surface area (TPSA) is 44.9 Å². The second-order valence-electron chi connectivity index (χ2n) is 14.7. The molecule has 0 aliphatic heterocycles. The third-order valence-electron chi connectivity index (χ3n) is 9.65. The van der Waals surface area contributed by atoms with Crippen molar-refractivity contribution in [2.45, 2.75) is 86.0 Å². The van der Waals surface area contributed by atoms with Gasteiger partial charge in [-0.25, -0.2) is 4.98 Å². The SMILES string of the molecule is Cc1ccnc(-n2c3[c-]c(Oc4[c-]c(-n5cc(-c6c(C(C)C)c(C(C)C)cc(C(C)C)c6C(C)C)cn5)ccc4)ccc3c3ccccc32)c1.[Pt+2]. The average molecular weight is 854 g/mol. The van der Waals surface area contributed by atoms with E-state index in [2.05, 4.69) is 128 Å². The molecule has 7 aromatic rings. The molecule has 0 atom stereocenters. The summed E-state index contributed by atoms with van der Waals surface area (Å²) in [7, 11) is 0. The maximum Gasteiger partial charge on any atom is 2.00 e. The van der Waals surface area contributed by atoms with Gasteiger partial charge >= 0.3 is 21.1 Å². The van der Waals surface area contributed by atoms with E-state index in [0.717, 1.165) is 44.4 Å². The van der Waals surface area contributed by atoms with Gasteiger partial charge in [0.25, 0.3) is 0 Å². The van der Waals surface area contributed by atoms with Crippen molar-refractivity contribution in [1.29, 1.82) is 0 Å². The molecule has 0 aliphatic rings. The molecule has 0 radical (unpaired) electrons. The Balaban J connectivity index is 0.00000448. The number of nitrogens with zero attached hydrogens (tertiary/aromatic N) is 4. The van der Waals surface area contributed by atoms with Gasteiger partial charge in [-0.3, -0.25) is 4.68 Å². The summed E-state index contributed by atoms with van der Waals surface area (Å²) in [5, 5.41) is 7.14. The zero-order valence-corrected chi connectivity index (χ0v) is 33.3. The van der Waals surface area contributed by atoms with E-state index in [4.69, 9.17) is 14.8 Å². The van der Waals surface area contributed by atoms with Gasteiger partial charge in [-0.2, -0.15) is 17.2 Å². The molecule has 0 saturated carbocycles. The zero-order chi connectivity index (χ0) is 35.3. The molecule has 0 spiro atoms. The van der Waals surface area contributed by atoms with Gasteiger partial charge in [-0.15, -0.1) is 35.7 Å². The van der Waals surface area contributed by atoms with E-state index in [-0.39, 0.29) is 21.1 Å². The number of aromatic nitrogens is 4. The number of pyridine rings is 1. The van der Waals surface area contributed by atoms with Crippen LogP contribution in [0.25, 0.3) is 44.4 Å². The maximum absolute atomic E-state index is 6.45. The van der Waals surface area contributed by atoms with Crippen molar-refractivity contribution in [2.24, 2.45) is 0 Å². The van der Waals surface area contributed by atoms with Crippen LogP contribution in [0, 0.1) is 19.1 Å². The molecule has 262 valence electrons. The summed E-state index contributed by atoms with van der Waals surface area (Å²) in [4.78, 5) is 4.71. The van der Waals surface area contributed by atoms with Crippen LogP contribution in [0.5, 0.6) is 11.5 Å². The van der Waals surface area contributed by atoms with E-state index >= 15 is 0 Å². The van der Waals surface area contributed by atoms with Crippen molar-refractivity contribution in [3.8, 4) is 34.1 Å². The molecule has 3 aromatic heterocycles. The molecular formula is C45H46N4OPt. The van der Waals surface area contributed by atoms with Gasteiger partial charge in [0.2, 0.25) is 0 Å². The van der Waals surface area contributed by atoms with Gasteiger partial charge in [0, 0.05) is 35.0 Å². The third kappa shape index (κ3) is 6.81. The second kappa shape index (κ2) is 14.6. The van der Waals surface area contributed by atoms with Crippen molar-refractivity contribution < 1.29 is 25.8 Å². The molecule has 0 amide bonds. The summed E-state index contributed by atoms with van der Waals surface area (Å²) >= 11 is 0. The number of aryl methyl sites for hydroxylation is 1. The first-order chi connectivity index (χ1) is 24.0. The van der Waals surface area contributed by atoms with Crippen LogP contribution >= 0.6 is 0 Å². The Kier molecular flexibility index (Phi) is 10.4. The van der Waals surface area contributed by atoms with Gasteiger partial charge in [0.05, 0.1) is 6.20 Å². The monoisotopic (exact) mass is 853 g/mol. The minimum absolute atomic E-state index is 0. The summed E-state index contributed by atoms with van der Waals surface area (Å²) in [5.41, 5.74) is 12.2. The van der Waals surface area contributed by atoms with E-state index in [1.165, 1.54) is 27.8 Å². The van der Waals surface area contributed by atoms with Crippen LogP contribution < -0.4 is 4.74 Å². The van der Waals surface area contributed by atoms with Crippen LogP contribution in [0.2, 0.25) is 0 Å². The molecule has 6 heteroatoms. The minimum atomic E-state index is 0. The average Bonchev–Trinajstić information content (AvgIpc) is 3.70. The van der Waals surface area contributed by atoms with Gasteiger partial charge in [-0.1, -0.05) is 85.2 Å². The van der Waals surface area contributed by atoms with Gasteiger partial charge in [0.15, 0.2) is 0 Å². The molecule has 7 rings (SSSR count). The van der Waals surface area contributed by atoms with Crippen LogP contribution in [0.4, 0.5) is 0 Å². The van der Waals surface area contributed by atoms with Gasteiger partial charge in [-0.05, 0) is 93.2 Å². The summed E-state index contributed by atoms with van der Waals surface area (Å²) in [6.45, 7) is 20.6. The number of benzene rings is 4. The first-order valence-corrected chi connectivity index (χ1v) is 17.9. The van der Waals surface area contributed by atoms with Crippen LogP contribution in [-0.2, 0) is 21.1 Å². The van der Waals surface area contributed by atoms with Crippen molar-refractivity contribution in [2.75, 3.05) is 0 Å². The molecular weight excluding hydrogens is 808 g/mol.